The number of allylic oxidation sites excluding steroid dienone is 9. The molecule has 1 unspecified atom stereocenters. The van der Waals surface area contributed by atoms with Crippen molar-refractivity contribution in [1.82, 2.24) is 0 Å². The predicted octanol–water partition coefficient (Wildman–Crippen LogP) is 8.40. The van der Waals surface area contributed by atoms with Crippen LogP contribution in [0.2, 0.25) is 0 Å². The van der Waals surface area contributed by atoms with Gasteiger partial charge in [0.25, 0.3) is 0 Å². The Labute approximate surface area is 184 Å². The van der Waals surface area contributed by atoms with E-state index in [9.17, 15) is 5.11 Å². The maximum Gasteiger partial charge on any atom is 0.115 e. The summed E-state index contributed by atoms with van der Waals surface area (Å²) in [5.74, 6) is 0.447. The highest BCUT2D eigenvalue weighted by Gasteiger charge is 2.14. The summed E-state index contributed by atoms with van der Waals surface area (Å²) in [5.41, 5.74) is 8.86. The Kier molecular flexibility index (Phi) is 10.1. The lowest BCUT2D eigenvalue weighted by molar-refractivity contribution is 0.428. The summed E-state index contributed by atoms with van der Waals surface area (Å²) < 4.78 is 0. The second-order valence-electron chi connectivity index (χ2n) is 7.81. The maximum absolute atomic E-state index is 9.87. The predicted molar refractivity (Wildman–Crippen MR) is 135 cm³/mol. The average Bonchev–Trinajstić information content (AvgIpc) is 2.71. The second kappa shape index (κ2) is 12.0. The third kappa shape index (κ3) is 6.62. The molecule has 0 amide bonds. The molecule has 0 aromatic heterocycles. The molecule has 0 aliphatic heterocycles. The van der Waals surface area contributed by atoms with Gasteiger partial charge in [0.15, 0.2) is 0 Å². The average molecular weight is 403 g/mol. The molecule has 1 aromatic carbocycles. The van der Waals surface area contributed by atoms with Crippen molar-refractivity contribution in [1.29, 1.82) is 0 Å². The molecule has 1 N–H and O–H groups in total. The third-order valence-corrected chi connectivity index (χ3v) is 5.60. The minimum Gasteiger partial charge on any atom is -0.508 e. The van der Waals surface area contributed by atoms with Gasteiger partial charge in [-0.25, -0.2) is 0 Å². The van der Waals surface area contributed by atoms with Crippen LogP contribution in [0, 0.1) is 12.8 Å². The van der Waals surface area contributed by atoms with Crippen LogP contribution >= 0.6 is 0 Å². The molecule has 0 saturated carbocycles. The molecule has 1 rings (SSSR count). The Morgan fingerprint density at radius 2 is 1.83 bits per heavy atom. The standard InChI is InChI=1S/C29H38O/c1-10-14-15-20(5)21(6)16-27-19-25(11-2)22(7)18-29(27)26(12-3)17-23(8)28(13-4)24(9)30/h10,12-15,17-19,21,30H,3,8-9,11,16H2,1-2,4-7H3/b14-10-,20-15+,26-17+,28-13+. The molecule has 1 nitrogen and oxygen atoms in total. The van der Waals surface area contributed by atoms with Crippen LogP contribution in [-0.2, 0) is 12.8 Å². The molecule has 1 atom stereocenters. The van der Waals surface area contributed by atoms with Gasteiger partial charge in [0.2, 0.25) is 0 Å². The van der Waals surface area contributed by atoms with E-state index in [1.165, 1.54) is 27.8 Å². The van der Waals surface area contributed by atoms with Crippen LogP contribution in [0.25, 0.3) is 5.57 Å². The summed E-state index contributed by atoms with van der Waals surface area (Å²) in [6.45, 7) is 24.6. The van der Waals surface area contributed by atoms with Crippen molar-refractivity contribution >= 4 is 5.57 Å². The van der Waals surface area contributed by atoms with Crippen molar-refractivity contribution in [2.75, 3.05) is 0 Å². The summed E-state index contributed by atoms with van der Waals surface area (Å²) in [5, 5.41) is 9.87. The molecule has 0 aliphatic rings. The zero-order valence-corrected chi connectivity index (χ0v) is 19.7. The Balaban J connectivity index is 3.54. The lowest BCUT2D eigenvalue weighted by atomic mass is 9.85. The zero-order chi connectivity index (χ0) is 22.8. The van der Waals surface area contributed by atoms with Crippen molar-refractivity contribution in [3.8, 4) is 0 Å². The van der Waals surface area contributed by atoms with Crippen molar-refractivity contribution in [2.45, 2.75) is 54.4 Å². The summed E-state index contributed by atoms with van der Waals surface area (Å²) in [4.78, 5) is 0. The number of aliphatic hydroxyl groups excluding tert-OH is 1. The highest BCUT2D eigenvalue weighted by molar-refractivity contribution is 5.79. The van der Waals surface area contributed by atoms with Gasteiger partial charge in [0, 0.05) is 5.57 Å². The second-order valence-corrected chi connectivity index (χ2v) is 7.81. The Morgan fingerprint density at radius 1 is 1.17 bits per heavy atom. The molecule has 30 heavy (non-hydrogen) atoms. The van der Waals surface area contributed by atoms with Gasteiger partial charge >= 0.3 is 0 Å². The molecule has 160 valence electrons. The van der Waals surface area contributed by atoms with Crippen molar-refractivity contribution < 1.29 is 5.11 Å². The Morgan fingerprint density at radius 3 is 2.33 bits per heavy atom. The van der Waals surface area contributed by atoms with Gasteiger partial charge in [-0.15, -0.1) is 0 Å². The van der Waals surface area contributed by atoms with Gasteiger partial charge in [-0.1, -0.05) is 81.7 Å². The van der Waals surface area contributed by atoms with Crippen molar-refractivity contribution in [2.24, 2.45) is 5.92 Å². The number of aliphatic hydroxyl groups is 1. The summed E-state index contributed by atoms with van der Waals surface area (Å²) in [6.07, 6.45) is 14.0. The maximum atomic E-state index is 9.87. The van der Waals surface area contributed by atoms with Crippen molar-refractivity contribution in [3.63, 3.8) is 0 Å². The third-order valence-electron chi connectivity index (χ3n) is 5.60. The van der Waals surface area contributed by atoms with Gasteiger partial charge in [-0.2, -0.15) is 0 Å². The fraction of sp³-hybridized carbons (Fsp3) is 0.310. The van der Waals surface area contributed by atoms with Crippen LogP contribution in [0.4, 0.5) is 0 Å². The molecule has 0 heterocycles. The van der Waals surface area contributed by atoms with Crippen LogP contribution in [0.1, 0.15) is 56.9 Å². The number of benzene rings is 1. The minimum atomic E-state index is 0.0262. The van der Waals surface area contributed by atoms with E-state index in [0.717, 1.165) is 24.0 Å². The van der Waals surface area contributed by atoms with Crippen LogP contribution < -0.4 is 0 Å². The monoisotopic (exact) mass is 402 g/mol. The topological polar surface area (TPSA) is 20.2 Å². The molecule has 1 aromatic rings. The van der Waals surface area contributed by atoms with E-state index < -0.39 is 0 Å². The molecule has 1 heteroatoms. The van der Waals surface area contributed by atoms with Crippen LogP contribution in [0.5, 0.6) is 0 Å². The smallest absolute Gasteiger partial charge is 0.115 e. The first-order chi connectivity index (χ1) is 14.2. The van der Waals surface area contributed by atoms with E-state index in [2.05, 4.69) is 77.8 Å². The number of rotatable bonds is 10. The number of hydrogen-bond acceptors (Lipinski definition) is 1. The Hall–Kier alpha value is -2.80. The molecular formula is C29H38O. The summed E-state index contributed by atoms with van der Waals surface area (Å²) in [6, 6.07) is 4.60. The summed E-state index contributed by atoms with van der Waals surface area (Å²) >= 11 is 0. The number of hydrogen-bond donors (Lipinski definition) is 1. The largest absolute Gasteiger partial charge is 0.508 e. The quantitative estimate of drug-likeness (QED) is 0.308. The highest BCUT2D eigenvalue weighted by Crippen LogP contribution is 2.30. The first-order valence-electron chi connectivity index (χ1n) is 10.7. The fourth-order valence-electron chi connectivity index (χ4n) is 3.57. The van der Waals surface area contributed by atoms with E-state index in [0.29, 0.717) is 11.5 Å². The van der Waals surface area contributed by atoms with E-state index >= 15 is 0 Å². The van der Waals surface area contributed by atoms with Crippen LogP contribution in [0.15, 0.2) is 90.8 Å². The molecule has 0 aliphatic carbocycles. The zero-order valence-electron chi connectivity index (χ0n) is 19.7. The normalized spacial score (nSPS) is 14.1. The lowest BCUT2D eigenvalue weighted by Crippen LogP contribution is -2.06. The minimum absolute atomic E-state index is 0.0262. The van der Waals surface area contributed by atoms with E-state index in [1.807, 2.05) is 32.1 Å². The molecular weight excluding hydrogens is 364 g/mol. The molecule has 0 radical (unpaired) electrons. The lowest BCUT2D eigenvalue weighted by Gasteiger charge is -2.19. The van der Waals surface area contributed by atoms with Gasteiger partial charge in [-0.3, -0.25) is 0 Å². The first kappa shape index (κ1) is 25.2. The Bertz CT molecular complexity index is 916. The fourth-order valence-corrected chi connectivity index (χ4v) is 3.57. The van der Waals surface area contributed by atoms with Gasteiger partial charge in [-0.05, 0) is 85.9 Å². The summed E-state index contributed by atoms with van der Waals surface area (Å²) in [7, 11) is 0. The molecule has 0 spiro atoms. The molecule has 0 bridgehead atoms. The van der Waals surface area contributed by atoms with E-state index in [4.69, 9.17) is 0 Å². The molecule has 0 fully saturated rings. The van der Waals surface area contributed by atoms with Gasteiger partial charge < -0.3 is 5.11 Å². The van der Waals surface area contributed by atoms with Crippen molar-refractivity contribution in [3.05, 3.63) is 113 Å². The molecule has 0 saturated heterocycles. The van der Waals surface area contributed by atoms with Gasteiger partial charge in [0.1, 0.15) is 5.76 Å². The van der Waals surface area contributed by atoms with Gasteiger partial charge in [0.05, 0.1) is 0 Å². The van der Waals surface area contributed by atoms with Crippen LogP contribution in [-0.4, -0.2) is 5.11 Å². The number of aryl methyl sites for hydroxylation is 2. The highest BCUT2D eigenvalue weighted by atomic mass is 16.3. The van der Waals surface area contributed by atoms with E-state index in [1.54, 1.807) is 0 Å². The first-order valence-corrected chi connectivity index (χ1v) is 10.7. The van der Waals surface area contributed by atoms with Crippen LogP contribution in [0.3, 0.4) is 0 Å². The SMILES string of the molecule is C=C/C(=C\C(=C)/C(=C\C)C(=C)O)c1cc(C)c(CC)cc1CC(C)/C(C)=C/C=C\C. The van der Waals surface area contributed by atoms with E-state index in [-0.39, 0.29) is 5.76 Å².